The molecule has 1 aromatic carbocycles. The summed E-state index contributed by atoms with van der Waals surface area (Å²) in [5, 5.41) is 12.6. The maximum Gasteiger partial charge on any atom is 0.253 e. The van der Waals surface area contributed by atoms with E-state index in [-0.39, 0.29) is 6.04 Å². The second kappa shape index (κ2) is 8.96. The summed E-state index contributed by atoms with van der Waals surface area (Å²) in [5.74, 6) is -0.747. The Balaban J connectivity index is 2.13. The van der Waals surface area contributed by atoms with Crippen LogP contribution >= 0.6 is 34.5 Å². The van der Waals surface area contributed by atoms with Crippen LogP contribution in [0.1, 0.15) is 29.5 Å². The maximum absolute atomic E-state index is 13.2. The Hall–Kier alpha value is -1.18. The predicted molar refractivity (Wildman–Crippen MR) is 101 cm³/mol. The van der Waals surface area contributed by atoms with Crippen LogP contribution in [0.25, 0.3) is 10.4 Å². The van der Waals surface area contributed by atoms with Crippen LogP contribution in [0.15, 0.2) is 36.4 Å². The Morgan fingerprint density at radius 3 is 2.40 bits per heavy atom. The van der Waals surface area contributed by atoms with E-state index < -0.39 is 29.6 Å². The first kappa shape index (κ1) is 20.1. The van der Waals surface area contributed by atoms with Crippen molar-refractivity contribution in [1.29, 1.82) is 0 Å². The van der Waals surface area contributed by atoms with Crippen molar-refractivity contribution in [3.8, 4) is 10.4 Å². The van der Waals surface area contributed by atoms with Gasteiger partial charge in [-0.1, -0.05) is 47.5 Å². The highest BCUT2D eigenvalue weighted by Gasteiger charge is 2.25. The van der Waals surface area contributed by atoms with E-state index in [0.717, 1.165) is 15.3 Å². The fourth-order valence-corrected chi connectivity index (χ4v) is 3.37. The Bertz CT molecular complexity index is 707. The fourth-order valence-electron chi connectivity index (χ4n) is 2.28. The standard InChI is InChI=1S/C17H19Cl2FN2O2S/c1-9(21)13-6-7-14(25-13)10-2-4-11(5-3-10)15(23)12(8-20)22-17(24)16(18)19/h2-7,9,12,15-16,23H,8,21H2,1H3,(H,22,24). The Morgan fingerprint density at radius 2 is 1.92 bits per heavy atom. The molecule has 1 heterocycles. The molecule has 0 bridgehead atoms. The quantitative estimate of drug-likeness (QED) is 0.615. The molecule has 3 atom stereocenters. The van der Waals surface area contributed by atoms with Gasteiger partial charge in [-0.15, -0.1) is 11.3 Å². The van der Waals surface area contributed by atoms with E-state index in [9.17, 15) is 14.3 Å². The highest BCUT2D eigenvalue weighted by Crippen LogP contribution is 2.31. The summed E-state index contributed by atoms with van der Waals surface area (Å²) < 4.78 is 13.2. The predicted octanol–water partition coefficient (Wildman–Crippen LogP) is 3.73. The molecule has 4 nitrogen and oxygen atoms in total. The molecule has 0 saturated carbocycles. The van der Waals surface area contributed by atoms with E-state index in [1.165, 1.54) is 0 Å². The molecule has 0 aliphatic rings. The van der Waals surface area contributed by atoms with E-state index >= 15 is 0 Å². The first-order valence-electron chi connectivity index (χ1n) is 7.61. The molecule has 136 valence electrons. The fraction of sp³-hybridized carbons (Fsp3) is 0.353. The number of carbonyl (C=O) groups excluding carboxylic acids is 1. The number of nitrogens with two attached hydrogens (primary N) is 1. The highest BCUT2D eigenvalue weighted by molar-refractivity contribution is 7.15. The van der Waals surface area contributed by atoms with Crippen LogP contribution in [0, 0.1) is 0 Å². The monoisotopic (exact) mass is 404 g/mol. The lowest BCUT2D eigenvalue weighted by molar-refractivity contribution is -0.121. The summed E-state index contributed by atoms with van der Waals surface area (Å²) in [6.45, 7) is 0.977. The van der Waals surface area contributed by atoms with Gasteiger partial charge < -0.3 is 16.2 Å². The molecule has 0 saturated heterocycles. The number of benzene rings is 1. The number of hydrogen-bond donors (Lipinski definition) is 3. The maximum atomic E-state index is 13.2. The third-order valence-corrected chi connectivity index (χ3v) is 5.42. The Labute approximate surface area is 159 Å². The van der Waals surface area contributed by atoms with Crippen LogP contribution in [0.3, 0.4) is 0 Å². The zero-order valence-electron chi connectivity index (χ0n) is 13.5. The molecule has 2 rings (SSSR count). The molecule has 25 heavy (non-hydrogen) atoms. The van der Waals surface area contributed by atoms with Gasteiger partial charge in [0.1, 0.15) is 12.8 Å². The molecule has 0 radical (unpaired) electrons. The number of aliphatic hydroxyl groups excluding tert-OH is 1. The van der Waals surface area contributed by atoms with Crippen LogP contribution in [0.4, 0.5) is 4.39 Å². The molecule has 0 aliphatic heterocycles. The lowest BCUT2D eigenvalue weighted by Gasteiger charge is -2.22. The third-order valence-electron chi connectivity index (χ3n) is 3.69. The minimum Gasteiger partial charge on any atom is -0.386 e. The number of thiophene rings is 1. The zero-order valence-corrected chi connectivity index (χ0v) is 15.8. The molecule has 0 fully saturated rings. The molecule has 0 aliphatic carbocycles. The van der Waals surface area contributed by atoms with Gasteiger partial charge in [-0.25, -0.2) is 4.39 Å². The molecular formula is C17H19Cl2FN2O2S. The van der Waals surface area contributed by atoms with Crippen molar-refractivity contribution in [2.24, 2.45) is 5.73 Å². The summed E-state index contributed by atoms with van der Waals surface area (Å²) in [5.41, 5.74) is 7.32. The number of rotatable bonds is 7. The van der Waals surface area contributed by atoms with Crippen LogP contribution in [-0.2, 0) is 4.79 Å². The summed E-state index contributed by atoms with van der Waals surface area (Å²) in [7, 11) is 0. The number of carbonyl (C=O) groups is 1. The van der Waals surface area contributed by atoms with Gasteiger partial charge in [-0.2, -0.15) is 0 Å². The topological polar surface area (TPSA) is 75.3 Å². The van der Waals surface area contributed by atoms with Crippen molar-refractivity contribution < 1.29 is 14.3 Å². The lowest BCUT2D eigenvalue weighted by atomic mass is 10.0. The van der Waals surface area contributed by atoms with Gasteiger partial charge in [0.2, 0.25) is 0 Å². The average Bonchev–Trinajstić information content (AvgIpc) is 3.09. The van der Waals surface area contributed by atoms with Crippen LogP contribution in [-0.4, -0.2) is 28.6 Å². The number of nitrogens with one attached hydrogen (secondary N) is 1. The van der Waals surface area contributed by atoms with E-state index in [1.54, 1.807) is 23.5 Å². The van der Waals surface area contributed by atoms with Gasteiger partial charge >= 0.3 is 0 Å². The highest BCUT2D eigenvalue weighted by atomic mass is 35.5. The first-order chi connectivity index (χ1) is 11.8. The molecule has 3 unspecified atom stereocenters. The molecule has 1 amide bonds. The van der Waals surface area contributed by atoms with Gasteiger partial charge in [0, 0.05) is 15.8 Å². The Kier molecular flexibility index (Phi) is 7.22. The number of aliphatic hydroxyl groups is 1. The van der Waals surface area contributed by atoms with E-state index in [0.29, 0.717) is 5.56 Å². The van der Waals surface area contributed by atoms with Gasteiger partial charge in [-0.3, -0.25) is 4.79 Å². The van der Waals surface area contributed by atoms with Gasteiger partial charge in [0.15, 0.2) is 4.84 Å². The van der Waals surface area contributed by atoms with Gasteiger partial charge in [0.05, 0.1) is 6.04 Å². The summed E-state index contributed by atoms with van der Waals surface area (Å²) >= 11 is 12.5. The van der Waals surface area contributed by atoms with Crippen LogP contribution in [0.2, 0.25) is 0 Å². The molecule has 0 spiro atoms. The van der Waals surface area contributed by atoms with Gasteiger partial charge in [0.25, 0.3) is 5.91 Å². The summed E-state index contributed by atoms with van der Waals surface area (Å²) in [6, 6.07) is 9.87. The SMILES string of the molecule is CC(N)c1ccc(-c2ccc(C(O)C(CF)NC(=O)C(Cl)Cl)cc2)s1. The van der Waals surface area contributed by atoms with E-state index in [2.05, 4.69) is 5.32 Å². The van der Waals surface area contributed by atoms with E-state index in [1.807, 2.05) is 31.2 Å². The molecule has 1 aromatic heterocycles. The molecule has 4 N–H and O–H groups in total. The van der Waals surface area contributed by atoms with Crippen molar-refractivity contribution in [2.75, 3.05) is 6.67 Å². The van der Waals surface area contributed by atoms with Crippen molar-refractivity contribution >= 4 is 40.4 Å². The summed E-state index contributed by atoms with van der Waals surface area (Å²) in [4.78, 5) is 12.3. The largest absolute Gasteiger partial charge is 0.386 e. The summed E-state index contributed by atoms with van der Waals surface area (Å²) in [6.07, 6.45) is -1.21. The number of alkyl halides is 3. The minimum atomic E-state index is -1.32. The van der Waals surface area contributed by atoms with Crippen molar-refractivity contribution in [1.82, 2.24) is 5.32 Å². The van der Waals surface area contributed by atoms with Crippen LogP contribution in [0.5, 0.6) is 0 Å². The molecule has 2 aromatic rings. The van der Waals surface area contributed by atoms with Crippen molar-refractivity contribution in [3.63, 3.8) is 0 Å². The van der Waals surface area contributed by atoms with Crippen molar-refractivity contribution in [3.05, 3.63) is 46.8 Å². The number of hydrogen-bond acceptors (Lipinski definition) is 4. The van der Waals surface area contributed by atoms with Crippen LogP contribution < -0.4 is 11.1 Å². The minimum absolute atomic E-state index is 0.0264. The molecular weight excluding hydrogens is 386 g/mol. The number of amides is 1. The second-order valence-electron chi connectivity index (χ2n) is 5.63. The normalized spacial score (nSPS) is 15.0. The number of halogens is 3. The smallest absolute Gasteiger partial charge is 0.253 e. The Morgan fingerprint density at radius 1 is 1.28 bits per heavy atom. The zero-order chi connectivity index (χ0) is 18.6. The first-order valence-corrected chi connectivity index (χ1v) is 9.30. The lowest BCUT2D eigenvalue weighted by Crippen LogP contribution is -2.43. The third kappa shape index (κ3) is 5.15. The van der Waals surface area contributed by atoms with Crippen molar-refractivity contribution in [2.45, 2.75) is 29.9 Å². The van der Waals surface area contributed by atoms with E-state index in [4.69, 9.17) is 28.9 Å². The van der Waals surface area contributed by atoms with Gasteiger partial charge in [-0.05, 0) is 30.2 Å². The second-order valence-corrected chi connectivity index (χ2v) is 7.84. The average molecular weight is 405 g/mol. The molecule has 8 heteroatoms.